The molecule has 1 aliphatic carbocycles. The maximum atomic E-state index is 5.89. The van der Waals surface area contributed by atoms with Crippen LogP contribution in [-0.4, -0.2) is 19.5 Å². The van der Waals surface area contributed by atoms with E-state index in [0.717, 1.165) is 17.2 Å². The molecule has 2 heterocycles. The molecule has 0 spiro atoms. The van der Waals surface area contributed by atoms with Crippen LogP contribution in [-0.2, 0) is 0 Å². The van der Waals surface area contributed by atoms with Crippen LogP contribution < -0.4 is 4.74 Å². The first-order chi connectivity index (χ1) is 12.5. The number of nitrogens with zero attached hydrogens (tertiary/aromatic N) is 3. The maximum Gasteiger partial charge on any atom is 0.300 e. The highest BCUT2D eigenvalue weighted by Crippen LogP contribution is 2.48. The largest absolute Gasteiger partial charge is 0.405 e. The third kappa shape index (κ3) is 3.14. The lowest BCUT2D eigenvalue weighted by Crippen LogP contribution is -2.20. The zero-order chi connectivity index (χ0) is 18.1. The van der Waals surface area contributed by atoms with E-state index in [4.69, 9.17) is 4.74 Å². The van der Waals surface area contributed by atoms with E-state index in [0.29, 0.717) is 23.2 Å². The average molecular weight is 350 g/mol. The van der Waals surface area contributed by atoms with Gasteiger partial charge in [-0.25, -0.2) is 4.98 Å². The standard InChI is InChI=1S/C21H26N4O/c1-15(21(3)11-7-8-12-21)18-13-22-20(24-18)26-19-14-25(16(2)23-19)17-9-5-4-6-10-17/h4-6,9-10,13-15H,7-8,11-12H2,1-3H3,(H,22,24). The fraction of sp³-hybridized carbons (Fsp3) is 0.429. The van der Waals surface area contributed by atoms with E-state index < -0.39 is 0 Å². The third-order valence-corrected chi connectivity index (χ3v) is 5.93. The maximum absolute atomic E-state index is 5.89. The van der Waals surface area contributed by atoms with E-state index >= 15 is 0 Å². The molecular formula is C21H26N4O. The van der Waals surface area contributed by atoms with E-state index in [1.165, 1.54) is 25.7 Å². The predicted molar refractivity (Wildman–Crippen MR) is 102 cm³/mol. The number of rotatable bonds is 5. The van der Waals surface area contributed by atoms with Gasteiger partial charge >= 0.3 is 6.01 Å². The van der Waals surface area contributed by atoms with Crippen molar-refractivity contribution in [2.24, 2.45) is 5.41 Å². The minimum absolute atomic E-state index is 0.356. The minimum atomic E-state index is 0.356. The zero-order valence-corrected chi connectivity index (χ0v) is 15.7. The monoisotopic (exact) mass is 350 g/mol. The smallest absolute Gasteiger partial charge is 0.300 e. The van der Waals surface area contributed by atoms with Gasteiger partial charge in [-0.3, -0.25) is 4.57 Å². The van der Waals surface area contributed by atoms with Gasteiger partial charge in [-0.05, 0) is 37.3 Å². The summed E-state index contributed by atoms with van der Waals surface area (Å²) in [6.45, 7) is 6.64. The molecule has 5 nitrogen and oxygen atoms in total. The van der Waals surface area contributed by atoms with Gasteiger partial charge in [-0.15, -0.1) is 0 Å². The number of hydrogen-bond acceptors (Lipinski definition) is 3. The summed E-state index contributed by atoms with van der Waals surface area (Å²) in [5.74, 6) is 1.87. The molecule has 5 heteroatoms. The van der Waals surface area contributed by atoms with Crippen LogP contribution in [0.25, 0.3) is 5.69 Å². The number of hydrogen-bond donors (Lipinski definition) is 1. The molecule has 1 fully saturated rings. The summed E-state index contributed by atoms with van der Waals surface area (Å²) in [6, 6.07) is 10.6. The summed E-state index contributed by atoms with van der Waals surface area (Å²) >= 11 is 0. The summed E-state index contributed by atoms with van der Waals surface area (Å²) in [6.07, 6.45) is 9.02. The number of H-pyrrole nitrogens is 1. The summed E-state index contributed by atoms with van der Waals surface area (Å²) in [5, 5.41) is 0. The molecule has 1 N–H and O–H groups in total. The Balaban J connectivity index is 1.51. The van der Waals surface area contributed by atoms with Gasteiger partial charge < -0.3 is 9.72 Å². The molecular weight excluding hydrogens is 324 g/mol. The van der Waals surface area contributed by atoms with E-state index in [9.17, 15) is 0 Å². The molecule has 1 aliphatic rings. The molecule has 1 saturated carbocycles. The number of nitrogens with one attached hydrogen (secondary N) is 1. The van der Waals surface area contributed by atoms with Gasteiger partial charge in [0.1, 0.15) is 5.82 Å². The lowest BCUT2D eigenvalue weighted by molar-refractivity contribution is 0.271. The normalized spacial score (nSPS) is 17.3. The van der Waals surface area contributed by atoms with Crippen LogP contribution in [0.5, 0.6) is 11.9 Å². The van der Waals surface area contributed by atoms with Crippen molar-refractivity contribution in [2.45, 2.75) is 52.4 Å². The molecule has 26 heavy (non-hydrogen) atoms. The molecule has 1 aromatic carbocycles. The number of ether oxygens (including phenoxy) is 1. The van der Waals surface area contributed by atoms with Crippen LogP contribution in [0.2, 0.25) is 0 Å². The van der Waals surface area contributed by atoms with Gasteiger partial charge in [0.05, 0.1) is 12.4 Å². The van der Waals surface area contributed by atoms with Crippen molar-refractivity contribution < 1.29 is 4.74 Å². The Bertz CT molecular complexity index is 875. The summed E-state index contributed by atoms with van der Waals surface area (Å²) < 4.78 is 7.90. The fourth-order valence-electron chi connectivity index (χ4n) is 4.02. The zero-order valence-electron chi connectivity index (χ0n) is 15.7. The molecule has 136 valence electrons. The van der Waals surface area contributed by atoms with Crippen LogP contribution in [0.1, 0.15) is 57.0 Å². The Morgan fingerprint density at radius 1 is 1.19 bits per heavy atom. The first-order valence-electron chi connectivity index (χ1n) is 9.39. The van der Waals surface area contributed by atoms with Crippen LogP contribution in [0, 0.1) is 12.3 Å². The topological polar surface area (TPSA) is 55.7 Å². The lowest BCUT2D eigenvalue weighted by atomic mass is 9.75. The van der Waals surface area contributed by atoms with E-state index in [-0.39, 0.29) is 0 Å². The lowest BCUT2D eigenvalue weighted by Gasteiger charge is -2.30. The first-order valence-corrected chi connectivity index (χ1v) is 9.39. The molecule has 0 bridgehead atoms. The van der Waals surface area contributed by atoms with Crippen LogP contribution in [0.4, 0.5) is 0 Å². The minimum Gasteiger partial charge on any atom is -0.405 e. The van der Waals surface area contributed by atoms with Gasteiger partial charge in [0.25, 0.3) is 0 Å². The second-order valence-electron chi connectivity index (χ2n) is 7.66. The number of aromatic amines is 1. The SMILES string of the molecule is Cc1nc(Oc2ncc(C(C)C3(C)CCCC3)[nH]2)cn1-c1ccccc1. The van der Waals surface area contributed by atoms with E-state index in [1.807, 2.05) is 54.2 Å². The second kappa shape index (κ2) is 6.63. The first kappa shape index (κ1) is 16.9. The van der Waals surface area contributed by atoms with Gasteiger partial charge in [0.15, 0.2) is 0 Å². The Labute approximate surface area is 154 Å². The fourth-order valence-corrected chi connectivity index (χ4v) is 4.02. The van der Waals surface area contributed by atoms with Crippen molar-refractivity contribution in [2.75, 3.05) is 0 Å². The Hall–Kier alpha value is -2.56. The van der Waals surface area contributed by atoms with Crippen molar-refractivity contribution >= 4 is 0 Å². The average Bonchev–Trinajstić information content (AvgIpc) is 3.37. The molecule has 1 atom stereocenters. The Morgan fingerprint density at radius 3 is 2.65 bits per heavy atom. The van der Waals surface area contributed by atoms with Gasteiger partial charge in [0, 0.05) is 17.3 Å². The Morgan fingerprint density at radius 2 is 1.92 bits per heavy atom. The number of aryl methyl sites for hydroxylation is 1. The van der Waals surface area contributed by atoms with Crippen LogP contribution in [0.3, 0.4) is 0 Å². The quantitative estimate of drug-likeness (QED) is 0.672. The summed E-state index contributed by atoms with van der Waals surface area (Å²) in [4.78, 5) is 12.3. The summed E-state index contributed by atoms with van der Waals surface area (Å²) in [7, 11) is 0. The molecule has 0 aliphatic heterocycles. The van der Waals surface area contributed by atoms with E-state index in [1.54, 1.807) is 0 Å². The molecule has 3 aromatic rings. The highest BCUT2D eigenvalue weighted by atomic mass is 16.5. The molecule has 2 aromatic heterocycles. The van der Waals surface area contributed by atoms with Gasteiger partial charge in [0.2, 0.25) is 5.88 Å². The van der Waals surface area contributed by atoms with Crippen LogP contribution in [0.15, 0.2) is 42.7 Å². The molecule has 0 saturated heterocycles. The van der Waals surface area contributed by atoms with Crippen molar-refractivity contribution in [1.82, 2.24) is 19.5 Å². The number of benzene rings is 1. The number of aromatic nitrogens is 4. The highest BCUT2D eigenvalue weighted by Gasteiger charge is 2.36. The molecule has 4 rings (SSSR count). The third-order valence-electron chi connectivity index (χ3n) is 5.93. The summed E-state index contributed by atoms with van der Waals surface area (Å²) in [5.41, 5.74) is 2.56. The molecule has 0 radical (unpaired) electrons. The van der Waals surface area contributed by atoms with Crippen LogP contribution >= 0.6 is 0 Å². The number of para-hydroxylation sites is 1. The van der Waals surface area contributed by atoms with Gasteiger partial charge in [-0.2, -0.15) is 4.98 Å². The molecule has 1 unspecified atom stereocenters. The second-order valence-corrected chi connectivity index (χ2v) is 7.66. The van der Waals surface area contributed by atoms with E-state index in [2.05, 4.69) is 28.8 Å². The predicted octanol–water partition coefficient (Wildman–Crippen LogP) is 5.38. The number of imidazole rings is 2. The van der Waals surface area contributed by atoms with Gasteiger partial charge in [-0.1, -0.05) is 44.9 Å². The van der Waals surface area contributed by atoms with Crippen molar-refractivity contribution in [3.8, 4) is 17.6 Å². The Kier molecular flexibility index (Phi) is 4.31. The van der Waals surface area contributed by atoms with Crippen molar-refractivity contribution in [3.63, 3.8) is 0 Å². The molecule has 0 amide bonds. The van der Waals surface area contributed by atoms with Crippen molar-refractivity contribution in [3.05, 3.63) is 54.2 Å². The highest BCUT2D eigenvalue weighted by molar-refractivity contribution is 5.35. The van der Waals surface area contributed by atoms with Crippen molar-refractivity contribution in [1.29, 1.82) is 0 Å².